The van der Waals surface area contributed by atoms with E-state index in [0.29, 0.717) is 11.6 Å². The van der Waals surface area contributed by atoms with Gasteiger partial charge in [0.25, 0.3) is 0 Å². The third-order valence-corrected chi connectivity index (χ3v) is 3.71. The molecule has 1 saturated heterocycles. The lowest BCUT2D eigenvalue weighted by molar-refractivity contribution is 0.306. The average molecular weight is 304 g/mol. The van der Waals surface area contributed by atoms with E-state index >= 15 is 0 Å². The number of nitrogens with one attached hydrogen (secondary N) is 1. The van der Waals surface area contributed by atoms with Crippen molar-refractivity contribution in [1.29, 1.82) is 0 Å². The lowest BCUT2D eigenvalue weighted by Crippen LogP contribution is -2.44. The van der Waals surface area contributed by atoms with Gasteiger partial charge in [-0.2, -0.15) is 0 Å². The van der Waals surface area contributed by atoms with Gasteiger partial charge in [-0.1, -0.05) is 23.7 Å². The zero-order valence-electron chi connectivity index (χ0n) is 11.8. The van der Waals surface area contributed by atoms with E-state index in [1.807, 2.05) is 36.5 Å². The third kappa shape index (κ3) is 3.65. The fourth-order valence-electron chi connectivity index (χ4n) is 2.42. The van der Waals surface area contributed by atoms with Crippen LogP contribution in [0, 0.1) is 0 Å². The van der Waals surface area contributed by atoms with Crippen LogP contribution in [0.4, 0.5) is 5.82 Å². The van der Waals surface area contributed by atoms with Crippen molar-refractivity contribution in [3.63, 3.8) is 0 Å². The van der Waals surface area contributed by atoms with Crippen molar-refractivity contribution < 1.29 is 4.74 Å². The molecule has 2 aromatic rings. The quantitative estimate of drug-likeness (QED) is 0.942. The second kappa shape index (κ2) is 6.78. The largest absolute Gasteiger partial charge is 0.489 e. The second-order valence-electron chi connectivity index (χ2n) is 4.97. The summed E-state index contributed by atoms with van der Waals surface area (Å²) in [5, 5.41) is 4.03. The maximum atomic E-state index is 5.97. The highest BCUT2D eigenvalue weighted by Crippen LogP contribution is 2.22. The molecule has 110 valence electrons. The lowest BCUT2D eigenvalue weighted by atomic mass is 10.2. The van der Waals surface area contributed by atoms with Crippen LogP contribution < -0.4 is 15.0 Å². The van der Waals surface area contributed by atoms with Crippen molar-refractivity contribution in [1.82, 2.24) is 10.3 Å². The highest BCUT2D eigenvalue weighted by atomic mass is 35.5. The van der Waals surface area contributed by atoms with Crippen molar-refractivity contribution in [3.8, 4) is 5.75 Å². The number of piperazine rings is 1. The Morgan fingerprint density at radius 1 is 1.19 bits per heavy atom. The molecule has 0 bridgehead atoms. The molecule has 0 aliphatic carbocycles. The summed E-state index contributed by atoms with van der Waals surface area (Å²) in [6.45, 7) is 4.42. The first-order valence-electron chi connectivity index (χ1n) is 7.11. The summed E-state index contributed by atoms with van der Waals surface area (Å²) >= 11 is 5.97. The maximum Gasteiger partial charge on any atom is 0.135 e. The SMILES string of the molecule is Clc1cccc(OCc2cccnc2N2CCNCC2)c1. The van der Waals surface area contributed by atoms with Gasteiger partial charge in [0, 0.05) is 43.0 Å². The van der Waals surface area contributed by atoms with Crippen LogP contribution in [0.3, 0.4) is 0 Å². The predicted octanol–water partition coefficient (Wildman–Crippen LogP) is 2.72. The summed E-state index contributed by atoms with van der Waals surface area (Å²) in [4.78, 5) is 6.82. The molecule has 0 amide bonds. The summed E-state index contributed by atoms with van der Waals surface area (Å²) < 4.78 is 5.84. The summed E-state index contributed by atoms with van der Waals surface area (Å²) in [5.41, 5.74) is 1.10. The van der Waals surface area contributed by atoms with Crippen LogP contribution >= 0.6 is 11.6 Å². The first-order valence-corrected chi connectivity index (χ1v) is 7.48. The fourth-order valence-corrected chi connectivity index (χ4v) is 2.60. The number of ether oxygens (including phenoxy) is 1. The highest BCUT2D eigenvalue weighted by Gasteiger charge is 2.15. The molecule has 0 atom stereocenters. The van der Waals surface area contributed by atoms with Crippen LogP contribution in [0.2, 0.25) is 5.02 Å². The standard InChI is InChI=1S/C16H18ClN3O/c17-14-4-1-5-15(11-14)21-12-13-3-2-6-19-16(13)20-9-7-18-8-10-20/h1-6,11,18H,7-10,12H2. The summed E-state index contributed by atoms with van der Waals surface area (Å²) in [6, 6.07) is 11.5. The van der Waals surface area contributed by atoms with E-state index in [1.165, 1.54) is 0 Å². The summed E-state index contributed by atoms with van der Waals surface area (Å²) in [5.74, 6) is 1.79. The molecular formula is C16H18ClN3O. The van der Waals surface area contributed by atoms with Gasteiger partial charge in [0.15, 0.2) is 0 Å². The summed E-state index contributed by atoms with van der Waals surface area (Å²) in [7, 11) is 0. The Morgan fingerprint density at radius 3 is 2.86 bits per heavy atom. The number of benzene rings is 1. The van der Waals surface area contributed by atoms with Crippen molar-refractivity contribution in [2.45, 2.75) is 6.61 Å². The van der Waals surface area contributed by atoms with Gasteiger partial charge in [0.05, 0.1) is 0 Å². The number of rotatable bonds is 4. The van der Waals surface area contributed by atoms with Crippen LogP contribution in [0.1, 0.15) is 5.56 Å². The molecule has 1 aromatic carbocycles. The van der Waals surface area contributed by atoms with Gasteiger partial charge in [-0.15, -0.1) is 0 Å². The van der Waals surface area contributed by atoms with Gasteiger partial charge in [0.2, 0.25) is 0 Å². The van der Waals surface area contributed by atoms with Crippen molar-refractivity contribution in [2.24, 2.45) is 0 Å². The van der Waals surface area contributed by atoms with Crippen LogP contribution in [-0.2, 0) is 6.61 Å². The molecule has 1 aromatic heterocycles. The Kier molecular flexibility index (Phi) is 4.58. The highest BCUT2D eigenvalue weighted by molar-refractivity contribution is 6.30. The summed E-state index contributed by atoms with van der Waals surface area (Å²) in [6.07, 6.45) is 1.83. The van der Waals surface area contributed by atoms with Crippen molar-refractivity contribution in [2.75, 3.05) is 31.1 Å². The number of pyridine rings is 1. The minimum atomic E-state index is 0.493. The first-order chi connectivity index (χ1) is 10.3. The molecule has 0 radical (unpaired) electrons. The average Bonchev–Trinajstić information content (AvgIpc) is 2.54. The molecule has 4 nitrogen and oxygen atoms in total. The molecule has 1 aliphatic heterocycles. The van der Waals surface area contributed by atoms with E-state index < -0.39 is 0 Å². The third-order valence-electron chi connectivity index (χ3n) is 3.47. The van der Waals surface area contributed by atoms with E-state index in [4.69, 9.17) is 16.3 Å². The van der Waals surface area contributed by atoms with Crippen LogP contribution in [0.15, 0.2) is 42.6 Å². The topological polar surface area (TPSA) is 37.4 Å². The molecule has 0 unspecified atom stereocenters. The fraction of sp³-hybridized carbons (Fsp3) is 0.312. The second-order valence-corrected chi connectivity index (χ2v) is 5.41. The maximum absolute atomic E-state index is 5.97. The van der Waals surface area contributed by atoms with E-state index in [0.717, 1.165) is 43.3 Å². The van der Waals surface area contributed by atoms with E-state index in [-0.39, 0.29) is 0 Å². The molecule has 3 rings (SSSR count). The van der Waals surface area contributed by atoms with Crippen LogP contribution in [-0.4, -0.2) is 31.2 Å². The molecule has 1 N–H and O–H groups in total. The zero-order chi connectivity index (χ0) is 14.5. The van der Waals surface area contributed by atoms with Crippen molar-refractivity contribution in [3.05, 3.63) is 53.2 Å². The predicted molar refractivity (Wildman–Crippen MR) is 85.1 cm³/mol. The Morgan fingerprint density at radius 2 is 2.05 bits per heavy atom. The Bertz CT molecular complexity index is 600. The van der Waals surface area contributed by atoms with Gasteiger partial charge in [-0.05, 0) is 24.3 Å². The number of nitrogens with zero attached hydrogens (tertiary/aromatic N) is 2. The lowest BCUT2D eigenvalue weighted by Gasteiger charge is -2.29. The van der Waals surface area contributed by atoms with Gasteiger partial charge in [-0.25, -0.2) is 4.98 Å². The van der Waals surface area contributed by atoms with E-state index in [2.05, 4.69) is 21.3 Å². The van der Waals surface area contributed by atoms with Gasteiger partial charge < -0.3 is 15.0 Å². The first kappa shape index (κ1) is 14.2. The zero-order valence-corrected chi connectivity index (χ0v) is 12.5. The van der Waals surface area contributed by atoms with Crippen LogP contribution in [0.5, 0.6) is 5.75 Å². The molecule has 0 saturated carbocycles. The monoisotopic (exact) mass is 303 g/mol. The normalized spacial score (nSPS) is 15.0. The van der Waals surface area contributed by atoms with Gasteiger partial charge in [-0.3, -0.25) is 0 Å². The number of hydrogen-bond acceptors (Lipinski definition) is 4. The van der Waals surface area contributed by atoms with Gasteiger partial charge in [0.1, 0.15) is 18.2 Å². The van der Waals surface area contributed by atoms with E-state index in [1.54, 1.807) is 0 Å². The molecule has 21 heavy (non-hydrogen) atoms. The number of aromatic nitrogens is 1. The van der Waals surface area contributed by atoms with Crippen LogP contribution in [0.25, 0.3) is 0 Å². The molecule has 2 heterocycles. The molecule has 5 heteroatoms. The Labute approximate surface area is 129 Å². The van der Waals surface area contributed by atoms with E-state index in [9.17, 15) is 0 Å². The molecule has 1 fully saturated rings. The Balaban J connectivity index is 1.73. The number of anilines is 1. The Hall–Kier alpha value is -1.78. The smallest absolute Gasteiger partial charge is 0.135 e. The molecule has 1 aliphatic rings. The number of halogens is 1. The molecule has 0 spiro atoms. The minimum absolute atomic E-state index is 0.493. The minimum Gasteiger partial charge on any atom is -0.489 e. The van der Waals surface area contributed by atoms with Crippen molar-refractivity contribution >= 4 is 17.4 Å². The van der Waals surface area contributed by atoms with Gasteiger partial charge >= 0.3 is 0 Å². The molecular weight excluding hydrogens is 286 g/mol. The number of hydrogen-bond donors (Lipinski definition) is 1.